The lowest BCUT2D eigenvalue weighted by Gasteiger charge is -2.20. The van der Waals surface area contributed by atoms with Gasteiger partial charge in [0.25, 0.3) is 0 Å². The molecule has 1 atom stereocenters. The van der Waals surface area contributed by atoms with Crippen molar-refractivity contribution in [1.82, 2.24) is 19.9 Å². The molecule has 0 saturated carbocycles. The summed E-state index contributed by atoms with van der Waals surface area (Å²) in [6.07, 6.45) is 9.42. The van der Waals surface area contributed by atoms with E-state index < -0.39 is 12.1 Å². The molecule has 0 saturated heterocycles. The molecule has 36 heavy (non-hydrogen) atoms. The van der Waals surface area contributed by atoms with Gasteiger partial charge in [-0.25, -0.2) is 9.97 Å². The molecule has 7 heteroatoms. The van der Waals surface area contributed by atoms with E-state index >= 15 is 0 Å². The summed E-state index contributed by atoms with van der Waals surface area (Å²) in [5.74, 6) is -1.27. The van der Waals surface area contributed by atoms with Crippen molar-refractivity contribution in [3.63, 3.8) is 0 Å². The van der Waals surface area contributed by atoms with Crippen molar-refractivity contribution in [3.8, 4) is 11.5 Å². The number of hydrogen-bond donors (Lipinski definition) is 2. The Morgan fingerprint density at radius 2 is 1.75 bits per heavy atom. The zero-order chi connectivity index (χ0) is 25.9. The maximum atomic E-state index is 13.9. The molecule has 0 fully saturated rings. The van der Waals surface area contributed by atoms with Crippen molar-refractivity contribution in [2.45, 2.75) is 26.9 Å². The molecule has 4 rings (SSSR count). The first-order valence-corrected chi connectivity index (χ1v) is 11.6. The fourth-order valence-electron chi connectivity index (χ4n) is 4.05. The number of pyridine rings is 1. The van der Waals surface area contributed by atoms with Crippen LogP contribution in [0.15, 0.2) is 85.6 Å². The van der Waals surface area contributed by atoms with Crippen LogP contribution >= 0.6 is 0 Å². The number of imidazole rings is 1. The molecule has 0 amide bonds. The van der Waals surface area contributed by atoms with Crippen LogP contribution in [0.5, 0.6) is 0 Å². The van der Waals surface area contributed by atoms with Crippen molar-refractivity contribution in [2.24, 2.45) is 5.92 Å². The normalized spacial score (nSPS) is 14.5. The fourth-order valence-corrected chi connectivity index (χ4v) is 4.05. The number of nitrogens with one attached hydrogen (secondary N) is 2. The third kappa shape index (κ3) is 4.82. The SMILES string of the molecule is C=C/C(=C\C=C/C)c1cnc(-c2cc3c([nH]c4ccccc43)c(/C(=C/C=C\C)[C@@H](C)C(F)(F)F)n2)[nH]1. The van der Waals surface area contributed by atoms with Gasteiger partial charge in [0.15, 0.2) is 5.82 Å². The van der Waals surface area contributed by atoms with E-state index in [1.807, 2.05) is 55.5 Å². The second-order valence-corrected chi connectivity index (χ2v) is 8.36. The number of hydrogen-bond acceptors (Lipinski definition) is 2. The van der Waals surface area contributed by atoms with Crippen LogP contribution in [0, 0.1) is 5.92 Å². The van der Waals surface area contributed by atoms with Crippen molar-refractivity contribution in [2.75, 3.05) is 0 Å². The zero-order valence-electron chi connectivity index (χ0n) is 20.3. The number of benzene rings is 1. The summed E-state index contributed by atoms with van der Waals surface area (Å²) in [5.41, 5.74) is 3.70. The third-order valence-electron chi connectivity index (χ3n) is 6.01. The largest absolute Gasteiger partial charge is 0.395 e. The summed E-state index contributed by atoms with van der Waals surface area (Å²) in [6, 6.07) is 9.47. The molecule has 0 aliphatic carbocycles. The van der Waals surface area contributed by atoms with Gasteiger partial charge in [-0.05, 0) is 44.1 Å². The molecule has 0 aliphatic rings. The van der Waals surface area contributed by atoms with E-state index in [4.69, 9.17) is 4.98 Å². The predicted molar refractivity (Wildman–Crippen MR) is 142 cm³/mol. The number of nitrogens with zero attached hydrogens (tertiary/aromatic N) is 2. The molecule has 0 aliphatic heterocycles. The first-order valence-electron chi connectivity index (χ1n) is 11.6. The van der Waals surface area contributed by atoms with Gasteiger partial charge in [-0.15, -0.1) is 0 Å². The third-order valence-corrected chi connectivity index (χ3v) is 6.01. The maximum Gasteiger partial charge on any atom is 0.395 e. The van der Waals surface area contributed by atoms with Crippen LogP contribution in [-0.2, 0) is 0 Å². The molecule has 3 heterocycles. The van der Waals surface area contributed by atoms with Crippen LogP contribution in [0.1, 0.15) is 32.2 Å². The standard InChI is InChI=1S/C29H27F3N4/c1-5-8-12-19(7-3)25-17-33-28(36-25)24-16-22-21-14-10-11-15-23(21)34-27(22)26(35-24)20(13-9-6-2)18(4)29(30,31)32/h5-18,34H,3H2,1-2,4H3,(H,33,36)/b8-5-,9-6-,19-12+,20-13+/t18-/m1/s1. The van der Waals surface area contributed by atoms with E-state index in [0.29, 0.717) is 17.0 Å². The molecule has 1 aromatic carbocycles. The van der Waals surface area contributed by atoms with Crippen LogP contribution in [-0.4, -0.2) is 26.1 Å². The van der Waals surface area contributed by atoms with Crippen molar-refractivity contribution in [3.05, 3.63) is 97.0 Å². The van der Waals surface area contributed by atoms with Crippen LogP contribution in [0.4, 0.5) is 13.2 Å². The number of rotatable bonds is 7. The van der Waals surface area contributed by atoms with Crippen LogP contribution in [0.2, 0.25) is 0 Å². The van der Waals surface area contributed by atoms with Gasteiger partial charge in [0.1, 0.15) is 5.69 Å². The van der Waals surface area contributed by atoms with Crippen molar-refractivity contribution in [1.29, 1.82) is 0 Å². The number of halogens is 3. The molecule has 4 aromatic rings. The Balaban J connectivity index is 2.00. The Bertz CT molecular complexity index is 1530. The monoisotopic (exact) mass is 488 g/mol. The van der Waals surface area contributed by atoms with Gasteiger partial charge in [-0.3, -0.25) is 0 Å². The number of allylic oxidation sites excluding steroid dienone is 9. The van der Waals surface area contributed by atoms with Gasteiger partial charge in [0.05, 0.1) is 29.0 Å². The van der Waals surface area contributed by atoms with E-state index in [2.05, 4.69) is 21.5 Å². The molecule has 184 valence electrons. The average Bonchev–Trinajstić information content (AvgIpc) is 3.49. The van der Waals surface area contributed by atoms with E-state index in [1.54, 1.807) is 31.3 Å². The van der Waals surface area contributed by atoms with Crippen LogP contribution < -0.4 is 0 Å². The summed E-state index contributed by atoms with van der Waals surface area (Å²) in [7, 11) is 0. The quantitative estimate of drug-likeness (QED) is 0.257. The number of H-pyrrole nitrogens is 2. The Morgan fingerprint density at radius 1 is 1.03 bits per heavy atom. The molecule has 0 radical (unpaired) electrons. The molecule has 4 nitrogen and oxygen atoms in total. The number of aromatic amines is 2. The smallest absolute Gasteiger partial charge is 0.353 e. The molecule has 0 unspecified atom stereocenters. The average molecular weight is 489 g/mol. The van der Waals surface area contributed by atoms with Gasteiger partial charge in [-0.1, -0.05) is 67.3 Å². The topological polar surface area (TPSA) is 57.4 Å². The van der Waals surface area contributed by atoms with Crippen molar-refractivity contribution >= 4 is 33.0 Å². The Morgan fingerprint density at radius 3 is 2.44 bits per heavy atom. The highest BCUT2D eigenvalue weighted by molar-refractivity contribution is 6.10. The highest BCUT2D eigenvalue weighted by Crippen LogP contribution is 2.40. The lowest BCUT2D eigenvalue weighted by Crippen LogP contribution is -2.21. The Kier molecular flexibility index (Phi) is 7.10. The second kappa shape index (κ2) is 10.2. The second-order valence-electron chi connectivity index (χ2n) is 8.36. The highest BCUT2D eigenvalue weighted by atomic mass is 19.4. The first kappa shape index (κ1) is 25.0. The first-order chi connectivity index (χ1) is 17.3. The molecule has 0 spiro atoms. The summed E-state index contributed by atoms with van der Waals surface area (Å²) >= 11 is 0. The summed E-state index contributed by atoms with van der Waals surface area (Å²) in [5, 5.41) is 1.67. The summed E-state index contributed by atoms with van der Waals surface area (Å²) in [4.78, 5) is 15.8. The lowest BCUT2D eigenvalue weighted by molar-refractivity contribution is -0.153. The molecule has 2 N–H and O–H groups in total. The Labute approximate surface area is 207 Å². The van der Waals surface area contributed by atoms with E-state index in [0.717, 1.165) is 34.5 Å². The molecular weight excluding hydrogens is 461 g/mol. The molecular formula is C29H27F3N4. The number of fused-ring (bicyclic) bond motifs is 3. The number of alkyl halides is 3. The van der Waals surface area contributed by atoms with Gasteiger partial charge < -0.3 is 9.97 Å². The maximum absolute atomic E-state index is 13.9. The predicted octanol–water partition coefficient (Wildman–Crippen LogP) is 8.41. The minimum atomic E-state index is -4.43. The van der Waals surface area contributed by atoms with Crippen LogP contribution in [0.3, 0.4) is 0 Å². The van der Waals surface area contributed by atoms with Gasteiger partial charge in [0.2, 0.25) is 0 Å². The summed E-state index contributed by atoms with van der Waals surface area (Å²) < 4.78 is 41.8. The molecule has 0 bridgehead atoms. The van der Waals surface area contributed by atoms with E-state index in [1.165, 1.54) is 6.08 Å². The van der Waals surface area contributed by atoms with Crippen LogP contribution in [0.25, 0.3) is 44.5 Å². The Hall–Kier alpha value is -4.13. The van der Waals surface area contributed by atoms with Crippen molar-refractivity contribution < 1.29 is 13.2 Å². The molecule has 3 aromatic heterocycles. The minimum absolute atomic E-state index is 0.0746. The number of para-hydroxylation sites is 1. The summed E-state index contributed by atoms with van der Waals surface area (Å²) in [6.45, 7) is 8.69. The zero-order valence-corrected chi connectivity index (χ0v) is 20.3. The van der Waals surface area contributed by atoms with Gasteiger partial charge in [-0.2, -0.15) is 13.2 Å². The highest BCUT2D eigenvalue weighted by Gasteiger charge is 2.39. The lowest BCUT2D eigenvalue weighted by atomic mass is 9.94. The fraction of sp³-hybridized carbons (Fsp3) is 0.172. The number of aromatic nitrogens is 4. The van der Waals surface area contributed by atoms with Gasteiger partial charge >= 0.3 is 6.18 Å². The van der Waals surface area contributed by atoms with E-state index in [9.17, 15) is 13.2 Å². The van der Waals surface area contributed by atoms with E-state index in [-0.39, 0.29) is 11.3 Å². The minimum Gasteiger partial charge on any atom is -0.353 e. The van der Waals surface area contributed by atoms with Gasteiger partial charge in [0, 0.05) is 16.3 Å².